The molecule has 78 valence electrons. The lowest BCUT2D eigenvalue weighted by atomic mass is 10.2. The highest BCUT2D eigenvalue weighted by molar-refractivity contribution is 5.90. The molecule has 1 rings (SSSR count). The molecule has 14 heavy (non-hydrogen) atoms. The van der Waals surface area contributed by atoms with Crippen molar-refractivity contribution in [1.29, 1.82) is 0 Å². The quantitative estimate of drug-likeness (QED) is 0.716. The van der Waals surface area contributed by atoms with Crippen LogP contribution >= 0.6 is 0 Å². The Morgan fingerprint density at radius 2 is 2.36 bits per heavy atom. The van der Waals surface area contributed by atoms with E-state index in [9.17, 15) is 4.79 Å². The summed E-state index contributed by atoms with van der Waals surface area (Å²) >= 11 is 0. The lowest BCUT2D eigenvalue weighted by Crippen LogP contribution is -2.28. The molecule has 0 spiro atoms. The van der Waals surface area contributed by atoms with Gasteiger partial charge in [0.2, 0.25) is 5.82 Å². The molecule has 0 radical (unpaired) electrons. The van der Waals surface area contributed by atoms with Gasteiger partial charge in [0.1, 0.15) is 6.33 Å². The lowest BCUT2D eigenvalue weighted by Gasteiger charge is -2.14. The molecule has 5 heteroatoms. The van der Waals surface area contributed by atoms with Crippen molar-refractivity contribution in [2.45, 2.75) is 26.2 Å². The molecule has 0 aliphatic carbocycles. The summed E-state index contributed by atoms with van der Waals surface area (Å²) in [6.45, 7) is 2.91. The van der Waals surface area contributed by atoms with Gasteiger partial charge in [-0.15, -0.1) is 0 Å². The monoisotopic (exact) mass is 196 g/mol. The van der Waals surface area contributed by atoms with Crippen LogP contribution in [0.5, 0.6) is 0 Å². The standard InChI is InChI=1S/C9H16N4O/c1-3-4-5-6-13(2)9(14)8-10-7-11-12-8/h7H,3-6H2,1-2H3,(H,10,11,12). The Labute approximate surface area is 83.5 Å². The number of H-pyrrole nitrogens is 1. The van der Waals surface area contributed by atoms with Crippen LogP contribution in [0.4, 0.5) is 0 Å². The lowest BCUT2D eigenvalue weighted by molar-refractivity contribution is 0.0781. The topological polar surface area (TPSA) is 61.9 Å². The number of aromatic nitrogens is 3. The molecule has 1 amide bonds. The first-order valence-electron chi connectivity index (χ1n) is 4.86. The molecule has 0 bridgehead atoms. The molecule has 0 atom stereocenters. The molecule has 0 saturated carbocycles. The van der Waals surface area contributed by atoms with Crippen LogP contribution in [-0.2, 0) is 0 Å². The minimum atomic E-state index is -0.0985. The Morgan fingerprint density at radius 1 is 1.57 bits per heavy atom. The number of nitrogens with one attached hydrogen (secondary N) is 1. The van der Waals surface area contributed by atoms with Crippen LogP contribution in [-0.4, -0.2) is 39.6 Å². The highest BCUT2D eigenvalue weighted by Gasteiger charge is 2.13. The van der Waals surface area contributed by atoms with Gasteiger partial charge in [-0.2, -0.15) is 5.10 Å². The summed E-state index contributed by atoms with van der Waals surface area (Å²) in [5.41, 5.74) is 0. The average Bonchev–Trinajstić information content (AvgIpc) is 2.69. The summed E-state index contributed by atoms with van der Waals surface area (Å²) in [6.07, 6.45) is 4.68. The molecule has 0 aliphatic rings. The summed E-state index contributed by atoms with van der Waals surface area (Å²) in [7, 11) is 1.78. The minimum Gasteiger partial charge on any atom is -0.339 e. The van der Waals surface area contributed by atoms with Gasteiger partial charge in [0.05, 0.1) is 0 Å². The Hall–Kier alpha value is -1.39. The normalized spacial score (nSPS) is 10.1. The van der Waals surface area contributed by atoms with E-state index in [1.165, 1.54) is 6.33 Å². The van der Waals surface area contributed by atoms with Crippen LogP contribution in [0, 0.1) is 0 Å². The summed E-state index contributed by atoms with van der Waals surface area (Å²) in [5, 5.41) is 6.19. The summed E-state index contributed by atoms with van der Waals surface area (Å²) in [5.74, 6) is 0.211. The second kappa shape index (κ2) is 5.36. The van der Waals surface area contributed by atoms with Crippen LogP contribution in [0.1, 0.15) is 36.8 Å². The molecule has 5 nitrogen and oxygen atoms in total. The van der Waals surface area contributed by atoms with E-state index in [1.54, 1.807) is 11.9 Å². The predicted octanol–water partition coefficient (Wildman–Crippen LogP) is 1.07. The first-order valence-corrected chi connectivity index (χ1v) is 4.86. The van der Waals surface area contributed by atoms with Crippen molar-refractivity contribution < 1.29 is 4.79 Å². The van der Waals surface area contributed by atoms with Gasteiger partial charge < -0.3 is 4.90 Å². The first kappa shape index (κ1) is 10.7. The fourth-order valence-electron chi connectivity index (χ4n) is 1.19. The zero-order valence-electron chi connectivity index (χ0n) is 8.66. The van der Waals surface area contributed by atoms with Gasteiger partial charge in [-0.25, -0.2) is 4.98 Å². The molecule has 1 aromatic heterocycles. The number of hydrogen-bond donors (Lipinski definition) is 1. The maximum atomic E-state index is 11.6. The van der Waals surface area contributed by atoms with E-state index >= 15 is 0 Å². The zero-order chi connectivity index (χ0) is 10.4. The van der Waals surface area contributed by atoms with Crippen molar-refractivity contribution in [1.82, 2.24) is 20.1 Å². The molecule has 1 aromatic rings. The van der Waals surface area contributed by atoms with E-state index < -0.39 is 0 Å². The predicted molar refractivity (Wildman–Crippen MR) is 52.9 cm³/mol. The number of hydrogen-bond acceptors (Lipinski definition) is 3. The number of rotatable bonds is 5. The van der Waals surface area contributed by atoms with Crippen LogP contribution < -0.4 is 0 Å². The third-order valence-electron chi connectivity index (χ3n) is 2.06. The second-order valence-electron chi connectivity index (χ2n) is 3.27. The molecular formula is C9H16N4O. The fraction of sp³-hybridized carbons (Fsp3) is 0.667. The van der Waals surface area contributed by atoms with Crippen molar-refractivity contribution in [3.8, 4) is 0 Å². The second-order valence-corrected chi connectivity index (χ2v) is 3.27. The van der Waals surface area contributed by atoms with Crippen LogP contribution in [0.25, 0.3) is 0 Å². The summed E-state index contributed by atoms with van der Waals surface area (Å²) in [6, 6.07) is 0. The van der Waals surface area contributed by atoms with Gasteiger partial charge in [-0.1, -0.05) is 19.8 Å². The smallest absolute Gasteiger partial charge is 0.290 e. The fourth-order valence-corrected chi connectivity index (χ4v) is 1.19. The van der Waals surface area contributed by atoms with Crippen molar-refractivity contribution in [3.05, 3.63) is 12.2 Å². The van der Waals surface area contributed by atoms with E-state index in [4.69, 9.17) is 0 Å². The SMILES string of the molecule is CCCCCN(C)C(=O)c1ncn[nH]1. The Morgan fingerprint density at radius 3 is 2.93 bits per heavy atom. The maximum Gasteiger partial charge on any atom is 0.290 e. The number of amides is 1. The van der Waals surface area contributed by atoms with Crippen LogP contribution in [0.2, 0.25) is 0 Å². The number of unbranched alkanes of at least 4 members (excludes halogenated alkanes) is 2. The Bertz CT molecular complexity index is 270. The summed E-state index contributed by atoms with van der Waals surface area (Å²) < 4.78 is 0. The molecule has 0 fully saturated rings. The number of carbonyl (C=O) groups is 1. The third kappa shape index (κ3) is 2.83. The largest absolute Gasteiger partial charge is 0.339 e. The maximum absolute atomic E-state index is 11.6. The van der Waals surface area contributed by atoms with E-state index in [0.29, 0.717) is 5.82 Å². The minimum absolute atomic E-state index is 0.0985. The van der Waals surface area contributed by atoms with Gasteiger partial charge in [0.25, 0.3) is 5.91 Å². The Balaban J connectivity index is 2.37. The highest BCUT2D eigenvalue weighted by Crippen LogP contribution is 1.99. The van der Waals surface area contributed by atoms with Gasteiger partial charge in [-0.05, 0) is 6.42 Å². The highest BCUT2D eigenvalue weighted by atomic mass is 16.2. The van der Waals surface area contributed by atoms with E-state index in [2.05, 4.69) is 22.1 Å². The molecule has 1 N–H and O–H groups in total. The molecule has 0 unspecified atom stereocenters. The molecule has 0 aromatic carbocycles. The number of nitrogens with zero attached hydrogens (tertiary/aromatic N) is 3. The van der Waals surface area contributed by atoms with Crippen molar-refractivity contribution in [2.75, 3.05) is 13.6 Å². The third-order valence-corrected chi connectivity index (χ3v) is 2.06. The van der Waals surface area contributed by atoms with Gasteiger partial charge >= 0.3 is 0 Å². The van der Waals surface area contributed by atoms with Crippen LogP contribution in [0.15, 0.2) is 6.33 Å². The van der Waals surface area contributed by atoms with Crippen molar-refractivity contribution >= 4 is 5.91 Å². The van der Waals surface area contributed by atoms with Gasteiger partial charge in [-0.3, -0.25) is 9.89 Å². The molecule has 1 heterocycles. The van der Waals surface area contributed by atoms with E-state index in [0.717, 1.165) is 25.8 Å². The van der Waals surface area contributed by atoms with Gasteiger partial charge in [0.15, 0.2) is 0 Å². The summed E-state index contributed by atoms with van der Waals surface area (Å²) in [4.78, 5) is 17.1. The van der Waals surface area contributed by atoms with Crippen molar-refractivity contribution in [3.63, 3.8) is 0 Å². The number of carbonyl (C=O) groups excluding carboxylic acids is 1. The first-order chi connectivity index (χ1) is 6.75. The average molecular weight is 196 g/mol. The van der Waals surface area contributed by atoms with Crippen molar-refractivity contribution in [2.24, 2.45) is 0 Å². The zero-order valence-corrected chi connectivity index (χ0v) is 8.66. The van der Waals surface area contributed by atoms with E-state index in [-0.39, 0.29) is 5.91 Å². The number of aromatic amines is 1. The van der Waals surface area contributed by atoms with E-state index in [1.807, 2.05) is 0 Å². The Kier molecular flexibility index (Phi) is 4.10. The molecular weight excluding hydrogens is 180 g/mol. The van der Waals surface area contributed by atoms with Gasteiger partial charge in [0, 0.05) is 13.6 Å². The molecule has 0 aliphatic heterocycles. The molecule has 0 saturated heterocycles. The van der Waals surface area contributed by atoms with Crippen LogP contribution in [0.3, 0.4) is 0 Å².